The van der Waals surface area contributed by atoms with Crippen LogP contribution in [0.2, 0.25) is 0 Å². The Kier molecular flexibility index (Phi) is 3.21. The second-order valence-electron chi connectivity index (χ2n) is 3.88. The topological polar surface area (TPSA) is 82.8 Å². The summed E-state index contributed by atoms with van der Waals surface area (Å²) in [5.41, 5.74) is 0. The van der Waals surface area contributed by atoms with Crippen molar-refractivity contribution in [1.82, 2.24) is 4.98 Å². The third-order valence-corrected chi connectivity index (χ3v) is 4.58. The largest absolute Gasteiger partial charge is 0.506 e. The summed E-state index contributed by atoms with van der Waals surface area (Å²) in [4.78, 5) is 19.5. The molecule has 0 unspecified atom stereocenters. The molecule has 0 aliphatic carbocycles. The molecule has 0 aliphatic rings. The van der Waals surface area contributed by atoms with E-state index in [0.717, 1.165) is 21.4 Å². The zero-order valence-corrected chi connectivity index (χ0v) is 11.6. The van der Waals surface area contributed by atoms with Gasteiger partial charge < -0.3 is 10.2 Å². The highest BCUT2D eigenvalue weighted by Crippen LogP contribution is 2.35. The van der Waals surface area contributed by atoms with Crippen molar-refractivity contribution in [1.29, 1.82) is 0 Å². The van der Waals surface area contributed by atoms with Crippen molar-refractivity contribution in [3.63, 3.8) is 0 Å². The van der Waals surface area contributed by atoms with Gasteiger partial charge in [-0.15, -0.1) is 11.3 Å². The number of hydrogen-bond acceptors (Lipinski definition) is 6. The summed E-state index contributed by atoms with van der Waals surface area (Å²) in [6.07, 6.45) is 2.77. The number of aliphatic imine (C=N–C) groups is 1. The van der Waals surface area contributed by atoms with Gasteiger partial charge in [0.05, 0.1) is 17.3 Å². The Hall–Kier alpha value is -2.25. The first kappa shape index (κ1) is 12.8. The van der Waals surface area contributed by atoms with Gasteiger partial charge in [0, 0.05) is 10.1 Å². The maximum atomic E-state index is 10.7. The van der Waals surface area contributed by atoms with E-state index in [-0.39, 0.29) is 10.6 Å². The van der Waals surface area contributed by atoms with Crippen LogP contribution in [0.1, 0.15) is 14.5 Å². The number of carboxylic acids is 1. The van der Waals surface area contributed by atoms with Gasteiger partial charge in [0.1, 0.15) is 10.6 Å². The predicted molar refractivity (Wildman–Crippen MR) is 79.8 cm³/mol. The summed E-state index contributed by atoms with van der Waals surface area (Å²) in [5.74, 6) is -0.835. The Morgan fingerprint density at radius 1 is 1.30 bits per heavy atom. The average molecular weight is 304 g/mol. The van der Waals surface area contributed by atoms with Crippen LogP contribution in [0.5, 0.6) is 5.75 Å². The Labute approximate surface area is 121 Å². The zero-order chi connectivity index (χ0) is 14.1. The van der Waals surface area contributed by atoms with Crippen LogP contribution in [0.4, 0.5) is 5.13 Å². The molecule has 1 aromatic carbocycles. The van der Waals surface area contributed by atoms with Crippen LogP contribution in [-0.4, -0.2) is 27.4 Å². The number of aromatic nitrogens is 1. The first-order valence-electron chi connectivity index (χ1n) is 5.59. The number of aromatic carboxylic acids is 1. The summed E-state index contributed by atoms with van der Waals surface area (Å²) in [7, 11) is 0. The van der Waals surface area contributed by atoms with Crippen LogP contribution in [-0.2, 0) is 0 Å². The maximum Gasteiger partial charge on any atom is 0.347 e. The molecule has 3 rings (SSSR count). The van der Waals surface area contributed by atoms with E-state index in [9.17, 15) is 9.90 Å². The predicted octanol–water partition coefficient (Wildman–Crippen LogP) is 3.51. The molecule has 20 heavy (non-hydrogen) atoms. The van der Waals surface area contributed by atoms with Crippen LogP contribution >= 0.6 is 22.7 Å². The molecule has 2 N–H and O–H groups in total. The highest BCUT2D eigenvalue weighted by molar-refractivity contribution is 7.21. The fraction of sp³-hybridized carbons (Fsp3) is 0. The number of carboxylic acid groups (broad SMARTS) is 1. The fourth-order valence-corrected chi connectivity index (χ4v) is 3.25. The molecular weight excluding hydrogens is 296 g/mol. The van der Waals surface area contributed by atoms with Crippen LogP contribution in [0.3, 0.4) is 0 Å². The van der Waals surface area contributed by atoms with Crippen molar-refractivity contribution in [2.75, 3.05) is 0 Å². The number of aromatic hydroxyl groups is 1. The molecule has 5 nitrogen and oxygen atoms in total. The van der Waals surface area contributed by atoms with Crippen molar-refractivity contribution in [2.24, 2.45) is 4.99 Å². The summed E-state index contributed by atoms with van der Waals surface area (Å²) in [5, 5.41) is 20.0. The summed E-state index contributed by atoms with van der Waals surface area (Å²) in [6.45, 7) is 0. The second kappa shape index (κ2) is 5.03. The van der Waals surface area contributed by atoms with E-state index in [2.05, 4.69) is 9.98 Å². The van der Waals surface area contributed by atoms with Gasteiger partial charge in [-0.2, -0.15) is 0 Å². The SMILES string of the molecule is O=C(O)c1cnc(N=Cc2sc3ccccc3c2O)s1. The standard InChI is InChI=1S/C13H8N2O3S2/c16-11-7-3-1-2-4-8(7)19-9(11)5-14-13-15-6-10(20-13)12(17)18/h1-6,16H,(H,17,18). The summed E-state index contributed by atoms with van der Waals surface area (Å²) in [6, 6.07) is 7.52. The van der Waals surface area contributed by atoms with Crippen molar-refractivity contribution < 1.29 is 15.0 Å². The van der Waals surface area contributed by atoms with E-state index in [0.29, 0.717) is 10.0 Å². The lowest BCUT2D eigenvalue weighted by Gasteiger charge is -1.89. The van der Waals surface area contributed by atoms with Gasteiger partial charge in [-0.05, 0) is 12.1 Å². The van der Waals surface area contributed by atoms with Gasteiger partial charge in [0.15, 0.2) is 0 Å². The fourth-order valence-electron chi connectivity index (χ4n) is 1.68. The lowest BCUT2D eigenvalue weighted by Crippen LogP contribution is -1.89. The molecule has 2 aromatic heterocycles. The molecule has 0 fully saturated rings. The van der Waals surface area contributed by atoms with Crippen molar-refractivity contribution in [3.8, 4) is 5.75 Å². The van der Waals surface area contributed by atoms with Gasteiger partial charge >= 0.3 is 5.97 Å². The molecule has 0 spiro atoms. The van der Waals surface area contributed by atoms with Crippen LogP contribution in [0.15, 0.2) is 35.5 Å². The lowest BCUT2D eigenvalue weighted by molar-refractivity contribution is 0.0702. The van der Waals surface area contributed by atoms with E-state index < -0.39 is 5.97 Å². The molecule has 0 amide bonds. The molecule has 100 valence electrons. The Balaban J connectivity index is 1.93. The highest BCUT2D eigenvalue weighted by atomic mass is 32.1. The minimum Gasteiger partial charge on any atom is -0.506 e. The molecule has 3 aromatic rings. The van der Waals surface area contributed by atoms with E-state index in [4.69, 9.17) is 5.11 Å². The number of fused-ring (bicyclic) bond motifs is 1. The van der Waals surface area contributed by atoms with Crippen molar-refractivity contribution in [2.45, 2.75) is 0 Å². The van der Waals surface area contributed by atoms with Crippen LogP contribution in [0, 0.1) is 0 Å². The number of thiophene rings is 1. The van der Waals surface area contributed by atoms with E-state index in [1.165, 1.54) is 23.7 Å². The number of thiazole rings is 1. The number of carbonyl (C=O) groups is 1. The monoisotopic (exact) mass is 304 g/mol. The Morgan fingerprint density at radius 2 is 2.10 bits per heavy atom. The average Bonchev–Trinajstić information content (AvgIpc) is 3.03. The van der Waals surface area contributed by atoms with Gasteiger partial charge in [-0.3, -0.25) is 0 Å². The summed E-state index contributed by atoms with van der Waals surface area (Å²) < 4.78 is 0.969. The summed E-state index contributed by atoms with van der Waals surface area (Å²) >= 11 is 2.40. The molecule has 0 bridgehead atoms. The molecule has 0 saturated carbocycles. The first-order valence-corrected chi connectivity index (χ1v) is 7.22. The second-order valence-corrected chi connectivity index (χ2v) is 5.97. The normalized spacial score (nSPS) is 11.4. The van der Waals surface area contributed by atoms with E-state index in [1.807, 2.05) is 24.3 Å². The first-order chi connectivity index (χ1) is 9.65. The van der Waals surface area contributed by atoms with Gasteiger partial charge in [0.25, 0.3) is 0 Å². The van der Waals surface area contributed by atoms with Gasteiger partial charge in [-0.1, -0.05) is 23.5 Å². The number of nitrogens with zero attached hydrogens (tertiary/aromatic N) is 2. The highest BCUT2D eigenvalue weighted by Gasteiger charge is 2.10. The minimum atomic E-state index is -1.02. The molecule has 0 saturated heterocycles. The lowest BCUT2D eigenvalue weighted by atomic mass is 10.2. The smallest absolute Gasteiger partial charge is 0.347 e. The molecule has 0 atom stereocenters. The Bertz CT molecular complexity index is 820. The molecule has 0 aliphatic heterocycles. The molecule has 7 heteroatoms. The Morgan fingerprint density at radius 3 is 2.80 bits per heavy atom. The number of rotatable bonds is 3. The third-order valence-electron chi connectivity index (χ3n) is 2.59. The maximum absolute atomic E-state index is 10.7. The zero-order valence-electron chi connectivity index (χ0n) is 9.98. The van der Waals surface area contributed by atoms with Crippen LogP contribution in [0.25, 0.3) is 10.1 Å². The van der Waals surface area contributed by atoms with Crippen LogP contribution < -0.4 is 0 Å². The molecule has 2 heterocycles. The van der Waals surface area contributed by atoms with Gasteiger partial charge in [-0.25, -0.2) is 14.8 Å². The molecular formula is C13H8N2O3S2. The van der Waals surface area contributed by atoms with E-state index >= 15 is 0 Å². The number of benzene rings is 1. The molecule has 0 radical (unpaired) electrons. The van der Waals surface area contributed by atoms with Crippen molar-refractivity contribution >= 4 is 50.1 Å². The minimum absolute atomic E-state index is 0.137. The third kappa shape index (κ3) is 2.28. The van der Waals surface area contributed by atoms with Crippen molar-refractivity contribution in [3.05, 3.63) is 40.2 Å². The number of hydrogen-bond donors (Lipinski definition) is 2. The quantitative estimate of drug-likeness (QED) is 0.725. The van der Waals surface area contributed by atoms with Gasteiger partial charge in [0.2, 0.25) is 5.13 Å². The van der Waals surface area contributed by atoms with E-state index in [1.54, 1.807) is 0 Å².